The highest BCUT2D eigenvalue weighted by molar-refractivity contribution is 5.98. The van der Waals surface area contributed by atoms with Crippen molar-refractivity contribution in [3.05, 3.63) is 59.9 Å². The van der Waals surface area contributed by atoms with Gasteiger partial charge in [-0.05, 0) is 38.1 Å². The van der Waals surface area contributed by atoms with Gasteiger partial charge in [0.1, 0.15) is 5.75 Å². The van der Waals surface area contributed by atoms with Crippen molar-refractivity contribution in [2.75, 3.05) is 13.2 Å². The Morgan fingerprint density at radius 3 is 2.34 bits per heavy atom. The lowest BCUT2D eigenvalue weighted by Crippen LogP contribution is -2.50. The number of amides is 3. The number of carbonyl (C=O) groups is 3. The topological polar surface area (TPSA) is 106 Å². The minimum atomic E-state index is -1.06. The molecule has 0 aromatic heterocycles. The summed E-state index contributed by atoms with van der Waals surface area (Å²) in [5, 5.41) is 2.43. The van der Waals surface area contributed by atoms with Gasteiger partial charge in [0.2, 0.25) is 0 Å². The van der Waals surface area contributed by atoms with E-state index in [1.165, 1.54) is 25.1 Å². The first-order valence-electron chi connectivity index (χ1n) is 8.92. The van der Waals surface area contributed by atoms with Crippen LogP contribution in [0.4, 0.5) is 4.39 Å². The standard InChI is InChI=1S/C20H22FN3O5/c1-3-28-16-10-6-4-8-14(16)20(27)22-12-18(25)23-24-19(26)13(2)29-17-11-7-5-9-15(17)21/h4-11,13H,3,12H2,1-2H3,(H,22,27)(H,23,25)(H,24,26). The van der Waals surface area contributed by atoms with Gasteiger partial charge < -0.3 is 14.8 Å². The Morgan fingerprint density at radius 1 is 1.00 bits per heavy atom. The Balaban J connectivity index is 1.78. The molecular weight excluding hydrogens is 381 g/mol. The zero-order valence-electron chi connectivity index (χ0n) is 16.0. The molecule has 8 nitrogen and oxygen atoms in total. The molecule has 2 rings (SSSR count). The molecule has 0 saturated carbocycles. The van der Waals surface area contributed by atoms with Crippen LogP contribution in [0.5, 0.6) is 11.5 Å². The molecule has 0 radical (unpaired) electrons. The van der Waals surface area contributed by atoms with E-state index in [9.17, 15) is 18.8 Å². The van der Waals surface area contributed by atoms with Crippen LogP contribution in [0.25, 0.3) is 0 Å². The van der Waals surface area contributed by atoms with Gasteiger partial charge in [-0.1, -0.05) is 24.3 Å². The Labute approximate surface area is 167 Å². The maximum atomic E-state index is 13.5. The van der Waals surface area contributed by atoms with Crippen LogP contribution in [0, 0.1) is 5.82 Å². The van der Waals surface area contributed by atoms with E-state index in [-0.39, 0.29) is 17.9 Å². The first kappa shape index (κ1) is 21.7. The number of hydrogen-bond donors (Lipinski definition) is 3. The normalized spacial score (nSPS) is 11.1. The third kappa shape index (κ3) is 6.49. The maximum Gasteiger partial charge on any atom is 0.279 e. The summed E-state index contributed by atoms with van der Waals surface area (Å²) in [6.07, 6.45) is -1.06. The average Bonchev–Trinajstić information content (AvgIpc) is 2.72. The summed E-state index contributed by atoms with van der Waals surface area (Å²) < 4.78 is 24.1. The quantitative estimate of drug-likeness (QED) is 0.580. The van der Waals surface area contributed by atoms with Crippen molar-refractivity contribution in [1.29, 1.82) is 0 Å². The number of carbonyl (C=O) groups excluding carboxylic acids is 3. The number of halogens is 1. The molecule has 2 aromatic carbocycles. The van der Waals surface area contributed by atoms with E-state index in [0.29, 0.717) is 12.4 Å². The summed E-state index contributed by atoms with van der Waals surface area (Å²) in [5.74, 6) is -2.12. The number of para-hydroxylation sites is 2. The van der Waals surface area contributed by atoms with Crippen molar-refractivity contribution in [3.8, 4) is 11.5 Å². The van der Waals surface area contributed by atoms with Gasteiger partial charge in [-0.25, -0.2) is 4.39 Å². The van der Waals surface area contributed by atoms with Crippen molar-refractivity contribution in [1.82, 2.24) is 16.2 Å². The Hall–Kier alpha value is -3.62. The summed E-state index contributed by atoms with van der Waals surface area (Å²) >= 11 is 0. The second-order valence-corrected chi connectivity index (χ2v) is 5.84. The molecule has 3 N–H and O–H groups in total. The molecule has 154 valence electrons. The van der Waals surface area contributed by atoms with Crippen LogP contribution in [-0.4, -0.2) is 37.0 Å². The Bertz CT molecular complexity index is 875. The lowest BCUT2D eigenvalue weighted by atomic mass is 10.2. The van der Waals surface area contributed by atoms with E-state index >= 15 is 0 Å². The SMILES string of the molecule is CCOc1ccccc1C(=O)NCC(=O)NNC(=O)C(C)Oc1ccccc1F. The minimum absolute atomic E-state index is 0.0818. The molecule has 0 heterocycles. The number of rotatable bonds is 8. The van der Waals surface area contributed by atoms with Crippen LogP contribution in [0.15, 0.2) is 48.5 Å². The smallest absolute Gasteiger partial charge is 0.279 e. The summed E-state index contributed by atoms with van der Waals surface area (Å²) in [6, 6.07) is 12.3. The van der Waals surface area contributed by atoms with E-state index in [1.54, 1.807) is 37.3 Å². The molecule has 0 saturated heterocycles. The Morgan fingerprint density at radius 2 is 1.66 bits per heavy atom. The summed E-state index contributed by atoms with van der Waals surface area (Å²) in [7, 11) is 0. The molecule has 3 amide bonds. The fraction of sp³-hybridized carbons (Fsp3) is 0.250. The third-order valence-corrected chi connectivity index (χ3v) is 3.68. The molecule has 9 heteroatoms. The van der Waals surface area contributed by atoms with Gasteiger partial charge in [0.15, 0.2) is 17.7 Å². The van der Waals surface area contributed by atoms with Gasteiger partial charge in [-0.2, -0.15) is 0 Å². The van der Waals surface area contributed by atoms with Gasteiger partial charge in [-0.3, -0.25) is 25.2 Å². The summed E-state index contributed by atoms with van der Waals surface area (Å²) in [6.45, 7) is 3.22. The second kappa shape index (κ2) is 10.6. The first-order valence-corrected chi connectivity index (χ1v) is 8.92. The molecule has 0 aliphatic rings. The molecule has 0 bridgehead atoms. The monoisotopic (exact) mass is 403 g/mol. The van der Waals surface area contributed by atoms with Gasteiger partial charge >= 0.3 is 0 Å². The fourth-order valence-electron chi connectivity index (χ4n) is 2.25. The highest BCUT2D eigenvalue weighted by Crippen LogP contribution is 2.18. The second-order valence-electron chi connectivity index (χ2n) is 5.84. The van der Waals surface area contributed by atoms with Gasteiger partial charge in [-0.15, -0.1) is 0 Å². The average molecular weight is 403 g/mol. The highest BCUT2D eigenvalue weighted by Gasteiger charge is 2.18. The van der Waals surface area contributed by atoms with E-state index in [2.05, 4.69) is 16.2 Å². The molecule has 1 atom stereocenters. The van der Waals surface area contributed by atoms with Crippen molar-refractivity contribution < 1.29 is 28.2 Å². The number of nitrogens with one attached hydrogen (secondary N) is 3. The van der Waals surface area contributed by atoms with Crippen LogP contribution in [-0.2, 0) is 9.59 Å². The molecule has 0 fully saturated rings. The van der Waals surface area contributed by atoms with E-state index in [0.717, 1.165) is 0 Å². The predicted molar refractivity (Wildman–Crippen MR) is 103 cm³/mol. The molecule has 0 spiro atoms. The number of hydrogen-bond acceptors (Lipinski definition) is 5. The minimum Gasteiger partial charge on any atom is -0.493 e. The largest absolute Gasteiger partial charge is 0.493 e. The molecule has 0 aliphatic carbocycles. The predicted octanol–water partition coefficient (Wildman–Crippen LogP) is 1.57. The molecule has 0 aliphatic heterocycles. The van der Waals surface area contributed by atoms with Crippen LogP contribution in [0.1, 0.15) is 24.2 Å². The Kier molecular flexibility index (Phi) is 7.96. The summed E-state index contributed by atoms with van der Waals surface area (Å²) in [4.78, 5) is 36.0. The lowest BCUT2D eigenvalue weighted by molar-refractivity contribution is -0.132. The van der Waals surface area contributed by atoms with Gasteiger partial charge in [0.25, 0.3) is 17.7 Å². The van der Waals surface area contributed by atoms with Gasteiger partial charge in [0, 0.05) is 0 Å². The summed E-state index contributed by atoms with van der Waals surface area (Å²) in [5.41, 5.74) is 4.60. The zero-order chi connectivity index (χ0) is 21.2. The van der Waals surface area contributed by atoms with Crippen molar-refractivity contribution in [2.24, 2.45) is 0 Å². The zero-order valence-corrected chi connectivity index (χ0v) is 16.0. The third-order valence-electron chi connectivity index (χ3n) is 3.68. The fourth-order valence-corrected chi connectivity index (χ4v) is 2.25. The van der Waals surface area contributed by atoms with Crippen LogP contribution in [0.3, 0.4) is 0 Å². The van der Waals surface area contributed by atoms with Crippen LogP contribution < -0.4 is 25.6 Å². The first-order chi connectivity index (χ1) is 13.9. The van der Waals surface area contributed by atoms with E-state index < -0.39 is 29.6 Å². The van der Waals surface area contributed by atoms with E-state index in [4.69, 9.17) is 9.47 Å². The lowest BCUT2D eigenvalue weighted by Gasteiger charge is -2.15. The van der Waals surface area contributed by atoms with Gasteiger partial charge in [0.05, 0.1) is 18.7 Å². The molecule has 1 unspecified atom stereocenters. The van der Waals surface area contributed by atoms with Crippen molar-refractivity contribution in [3.63, 3.8) is 0 Å². The molecule has 29 heavy (non-hydrogen) atoms. The van der Waals surface area contributed by atoms with Crippen molar-refractivity contribution >= 4 is 17.7 Å². The van der Waals surface area contributed by atoms with E-state index in [1.807, 2.05) is 0 Å². The molecular formula is C20H22FN3O5. The number of hydrazine groups is 1. The van der Waals surface area contributed by atoms with Crippen LogP contribution in [0.2, 0.25) is 0 Å². The molecule has 2 aromatic rings. The number of benzene rings is 2. The highest BCUT2D eigenvalue weighted by atomic mass is 19.1. The maximum absolute atomic E-state index is 13.5. The van der Waals surface area contributed by atoms with Crippen molar-refractivity contribution in [2.45, 2.75) is 20.0 Å². The number of ether oxygens (including phenoxy) is 2. The van der Waals surface area contributed by atoms with Crippen LogP contribution >= 0.6 is 0 Å².